The largest absolute Gasteiger partial charge is 0.310 e. The molecule has 1 nitrogen and oxygen atoms in total. The number of hydrogen-bond donors (Lipinski definition) is 0. The van der Waals surface area contributed by atoms with Crippen LogP contribution >= 0.6 is 11.3 Å². The summed E-state index contributed by atoms with van der Waals surface area (Å²) >= 11 is 1.86. The summed E-state index contributed by atoms with van der Waals surface area (Å²) in [4.78, 5) is 2.41. The molecule has 11 aromatic rings. The molecule has 1 heterocycles. The molecule has 56 heavy (non-hydrogen) atoms. The standard InChI is InChI=1S/C54H35NS/c1-3-11-36(12-4-1)38-21-19-37-20-22-40(33-44(37)32-38)39-23-24-42-34-46(27-25-41(42)31-39)55(45-13-5-2-6-14-45)52-29-28-47(48-15-7-8-16-49(48)52)43-26-30-54-51(35-43)50-17-9-10-18-53(50)56-54/h1-35H. The van der Waals surface area contributed by atoms with Crippen LogP contribution in [0.5, 0.6) is 0 Å². The first-order valence-electron chi connectivity index (χ1n) is 19.2. The highest BCUT2D eigenvalue weighted by molar-refractivity contribution is 7.25. The first-order chi connectivity index (χ1) is 27.7. The zero-order chi connectivity index (χ0) is 37.0. The van der Waals surface area contributed by atoms with Gasteiger partial charge in [0.25, 0.3) is 0 Å². The smallest absolute Gasteiger partial charge is 0.0540 e. The molecule has 0 fully saturated rings. The van der Waals surface area contributed by atoms with Crippen molar-refractivity contribution in [2.45, 2.75) is 0 Å². The highest BCUT2D eigenvalue weighted by Gasteiger charge is 2.18. The minimum atomic E-state index is 1.12. The van der Waals surface area contributed by atoms with Crippen molar-refractivity contribution >= 4 is 80.9 Å². The van der Waals surface area contributed by atoms with Gasteiger partial charge in [0.1, 0.15) is 0 Å². The second kappa shape index (κ2) is 13.4. The average Bonchev–Trinajstić information content (AvgIpc) is 3.65. The third-order valence-corrected chi connectivity index (χ3v) is 12.4. The highest BCUT2D eigenvalue weighted by Crippen LogP contribution is 2.44. The number of anilines is 3. The summed E-state index contributed by atoms with van der Waals surface area (Å²) in [5, 5.41) is 10.0. The predicted octanol–water partition coefficient (Wildman–Crippen LogP) is 16.0. The Kier molecular flexibility index (Phi) is 7.75. The summed E-state index contributed by atoms with van der Waals surface area (Å²) in [6.07, 6.45) is 0. The quantitative estimate of drug-likeness (QED) is 0.165. The van der Waals surface area contributed by atoms with Gasteiger partial charge in [-0.15, -0.1) is 11.3 Å². The second-order valence-electron chi connectivity index (χ2n) is 14.5. The minimum absolute atomic E-state index is 1.12. The fourth-order valence-corrected chi connectivity index (χ4v) is 9.50. The average molecular weight is 730 g/mol. The number of thiophene rings is 1. The van der Waals surface area contributed by atoms with Crippen molar-refractivity contribution in [1.29, 1.82) is 0 Å². The van der Waals surface area contributed by atoms with E-state index in [2.05, 4.69) is 217 Å². The number of para-hydroxylation sites is 1. The van der Waals surface area contributed by atoms with Crippen LogP contribution in [0.4, 0.5) is 17.1 Å². The SMILES string of the molecule is c1ccc(-c2ccc3ccc(-c4ccc5cc(N(c6ccccc6)c6ccc(-c7ccc8sc9ccccc9c8c7)c7ccccc67)ccc5c4)cc3c2)cc1. The van der Waals surface area contributed by atoms with E-state index in [0.29, 0.717) is 0 Å². The topological polar surface area (TPSA) is 3.24 Å². The van der Waals surface area contributed by atoms with Gasteiger partial charge in [0.15, 0.2) is 0 Å². The Labute approximate surface area is 330 Å². The van der Waals surface area contributed by atoms with E-state index in [1.54, 1.807) is 0 Å². The zero-order valence-corrected chi connectivity index (χ0v) is 31.4. The number of fused-ring (bicyclic) bond motifs is 6. The molecule has 0 aliphatic heterocycles. The Balaban J connectivity index is 0.996. The van der Waals surface area contributed by atoms with Crippen LogP contribution in [0.25, 0.3) is 85.9 Å². The molecule has 0 aliphatic rings. The normalized spacial score (nSPS) is 11.6. The summed E-state index contributed by atoms with van der Waals surface area (Å²) in [6.45, 7) is 0. The molecule has 11 rings (SSSR count). The van der Waals surface area contributed by atoms with Crippen molar-refractivity contribution in [2.24, 2.45) is 0 Å². The maximum absolute atomic E-state index is 2.41. The Morgan fingerprint density at radius 2 is 0.857 bits per heavy atom. The number of benzene rings is 10. The molecule has 0 spiro atoms. The van der Waals surface area contributed by atoms with Gasteiger partial charge in [0.2, 0.25) is 0 Å². The lowest BCUT2D eigenvalue weighted by Gasteiger charge is -2.28. The molecular formula is C54H35NS. The Morgan fingerprint density at radius 1 is 0.286 bits per heavy atom. The summed E-state index contributed by atoms with van der Waals surface area (Å²) in [6, 6.07) is 77.8. The first-order valence-corrected chi connectivity index (χ1v) is 20.0. The van der Waals surface area contributed by atoms with Gasteiger partial charge in [0, 0.05) is 36.9 Å². The van der Waals surface area contributed by atoms with E-state index >= 15 is 0 Å². The van der Waals surface area contributed by atoms with Crippen molar-refractivity contribution in [2.75, 3.05) is 4.90 Å². The molecule has 0 unspecified atom stereocenters. The molecule has 0 saturated carbocycles. The van der Waals surface area contributed by atoms with E-state index < -0.39 is 0 Å². The molecule has 0 N–H and O–H groups in total. The third kappa shape index (κ3) is 5.62. The lowest BCUT2D eigenvalue weighted by atomic mass is 9.95. The van der Waals surface area contributed by atoms with Crippen LogP contribution in [0.2, 0.25) is 0 Å². The van der Waals surface area contributed by atoms with Crippen LogP contribution in [0.3, 0.4) is 0 Å². The maximum Gasteiger partial charge on any atom is 0.0540 e. The van der Waals surface area contributed by atoms with Gasteiger partial charge in [-0.1, -0.05) is 146 Å². The summed E-state index contributed by atoms with van der Waals surface area (Å²) in [5.74, 6) is 0. The molecule has 0 amide bonds. The van der Waals surface area contributed by atoms with Gasteiger partial charge in [-0.3, -0.25) is 0 Å². The first kappa shape index (κ1) is 32.4. The predicted molar refractivity (Wildman–Crippen MR) is 243 cm³/mol. The number of hydrogen-bond acceptors (Lipinski definition) is 2. The van der Waals surface area contributed by atoms with E-state index in [0.717, 1.165) is 17.1 Å². The van der Waals surface area contributed by atoms with Crippen molar-refractivity contribution < 1.29 is 0 Å². The van der Waals surface area contributed by atoms with Gasteiger partial charge in [-0.2, -0.15) is 0 Å². The molecule has 0 bridgehead atoms. The fraction of sp³-hybridized carbons (Fsp3) is 0. The molecule has 0 atom stereocenters. The Hall–Kier alpha value is -7.00. The monoisotopic (exact) mass is 729 g/mol. The minimum Gasteiger partial charge on any atom is -0.310 e. The fourth-order valence-electron chi connectivity index (χ4n) is 8.42. The Bertz CT molecular complexity index is 3250. The number of rotatable bonds is 6. The zero-order valence-electron chi connectivity index (χ0n) is 30.6. The molecule has 0 radical (unpaired) electrons. The summed E-state index contributed by atoms with van der Waals surface area (Å²) < 4.78 is 2.65. The van der Waals surface area contributed by atoms with E-state index in [1.165, 1.54) is 85.9 Å². The van der Waals surface area contributed by atoms with Crippen molar-refractivity contribution in [3.8, 4) is 33.4 Å². The van der Waals surface area contributed by atoms with Crippen LogP contribution < -0.4 is 4.90 Å². The molecule has 10 aromatic carbocycles. The lowest BCUT2D eigenvalue weighted by Crippen LogP contribution is -2.10. The maximum atomic E-state index is 2.41. The van der Waals surface area contributed by atoms with Gasteiger partial charge >= 0.3 is 0 Å². The van der Waals surface area contributed by atoms with Crippen LogP contribution in [0, 0.1) is 0 Å². The van der Waals surface area contributed by atoms with Crippen LogP contribution in [0.1, 0.15) is 0 Å². The van der Waals surface area contributed by atoms with Crippen LogP contribution in [0.15, 0.2) is 212 Å². The number of nitrogens with zero attached hydrogens (tertiary/aromatic N) is 1. The van der Waals surface area contributed by atoms with Crippen LogP contribution in [-0.4, -0.2) is 0 Å². The van der Waals surface area contributed by atoms with E-state index in [4.69, 9.17) is 0 Å². The van der Waals surface area contributed by atoms with Crippen LogP contribution in [-0.2, 0) is 0 Å². The van der Waals surface area contributed by atoms with Gasteiger partial charge < -0.3 is 4.90 Å². The molecule has 1 aromatic heterocycles. The van der Waals surface area contributed by atoms with Crippen molar-refractivity contribution in [3.05, 3.63) is 212 Å². The van der Waals surface area contributed by atoms with Crippen molar-refractivity contribution in [3.63, 3.8) is 0 Å². The summed E-state index contributed by atoms with van der Waals surface area (Å²) in [5.41, 5.74) is 10.8. The van der Waals surface area contributed by atoms with Gasteiger partial charge in [-0.05, 0) is 127 Å². The Morgan fingerprint density at radius 3 is 1.64 bits per heavy atom. The van der Waals surface area contributed by atoms with E-state index in [9.17, 15) is 0 Å². The lowest BCUT2D eigenvalue weighted by molar-refractivity contribution is 1.30. The second-order valence-corrected chi connectivity index (χ2v) is 15.6. The van der Waals surface area contributed by atoms with Crippen molar-refractivity contribution in [1.82, 2.24) is 0 Å². The summed E-state index contributed by atoms with van der Waals surface area (Å²) in [7, 11) is 0. The van der Waals surface area contributed by atoms with E-state index in [1.807, 2.05) is 11.3 Å². The molecular weight excluding hydrogens is 695 g/mol. The molecule has 2 heteroatoms. The van der Waals surface area contributed by atoms with Gasteiger partial charge in [0.05, 0.1) is 5.69 Å². The highest BCUT2D eigenvalue weighted by atomic mass is 32.1. The van der Waals surface area contributed by atoms with E-state index in [-0.39, 0.29) is 0 Å². The third-order valence-electron chi connectivity index (χ3n) is 11.2. The molecule has 0 saturated heterocycles. The molecule has 262 valence electrons. The molecule has 0 aliphatic carbocycles. The van der Waals surface area contributed by atoms with Gasteiger partial charge in [-0.25, -0.2) is 0 Å².